The molecule has 1 unspecified atom stereocenters. The van der Waals surface area contributed by atoms with Gasteiger partial charge in [0.15, 0.2) is 17.4 Å². The first-order chi connectivity index (χ1) is 11.8. The third-order valence-corrected chi connectivity index (χ3v) is 4.57. The number of ketones is 1. The van der Waals surface area contributed by atoms with E-state index in [0.717, 1.165) is 12.1 Å². The number of carbonyl (C=O) groups excluding carboxylic acids is 1. The molecule has 128 valence electrons. The number of fused-ring (bicyclic) bond motifs is 1. The summed E-state index contributed by atoms with van der Waals surface area (Å²) < 4.78 is 32.6. The Hall–Kier alpha value is -2.74. The number of benzene rings is 2. The van der Waals surface area contributed by atoms with Crippen LogP contribution in [0.25, 0.3) is 11.1 Å². The fraction of sp³-hybridized carbons (Fsp3) is 0.300. The van der Waals surface area contributed by atoms with Crippen LogP contribution in [0.4, 0.5) is 8.78 Å². The van der Waals surface area contributed by atoms with E-state index in [-0.39, 0.29) is 12.2 Å². The lowest BCUT2D eigenvalue weighted by Gasteiger charge is -2.38. The first-order valence-electron chi connectivity index (χ1n) is 8.03. The van der Waals surface area contributed by atoms with Gasteiger partial charge in [0.25, 0.3) is 0 Å². The van der Waals surface area contributed by atoms with E-state index in [4.69, 9.17) is 10.00 Å². The molecule has 0 aliphatic carbocycles. The monoisotopic (exact) mass is 341 g/mol. The molecule has 25 heavy (non-hydrogen) atoms. The van der Waals surface area contributed by atoms with Gasteiger partial charge in [-0.1, -0.05) is 12.1 Å². The normalized spacial score (nSPS) is 18.2. The molecule has 0 spiro atoms. The van der Waals surface area contributed by atoms with Gasteiger partial charge in [-0.3, -0.25) is 4.79 Å². The van der Waals surface area contributed by atoms with Gasteiger partial charge >= 0.3 is 0 Å². The van der Waals surface area contributed by atoms with Gasteiger partial charge in [0.05, 0.1) is 17.6 Å². The summed E-state index contributed by atoms with van der Waals surface area (Å²) in [4.78, 5) is 12.8. The summed E-state index contributed by atoms with van der Waals surface area (Å²) in [7, 11) is 0. The van der Waals surface area contributed by atoms with Crippen molar-refractivity contribution in [2.45, 2.75) is 32.3 Å². The van der Waals surface area contributed by atoms with E-state index in [0.29, 0.717) is 28.9 Å². The fourth-order valence-corrected chi connectivity index (χ4v) is 3.21. The number of hydrogen-bond acceptors (Lipinski definition) is 3. The second kappa shape index (κ2) is 6.29. The maximum absolute atomic E-state index is 13.5. The van der Waals surface area contributed by atoms with Crippen LogP contribution in [0.5, 0.6) is 5.75 Å². The van der Waals surface area contributed by atoms with Crippen molar-refractivity contribution in [1.29, 1.82) is 5.26 Å². The predicted octanol–water partition coefficient (Wildman–Crippen LogP) is 4.91. The molecule has 2 aromatic rings. The molecule has 0 fully saturated rings. The van der Waals surface area contributed by atoms with Gasteiger partial charge in [0, 0.05) is 6.42 Å². The molecule has 0 amide bonds. The fourth-order valence-electron chi connectivity index (χ4n) is 3.21. The molecule has 1 aliphatic heterocycles. The number of rotatable bonds is 3. The summed E-state index contributed by atoms with van der Waals surface area (Å²) in [6.07, 6.45) is 0.720. The molecule has 0 N–H and O–H groups in total. The van der Waals surface area contributed by atoms with Crippen molar-refractivity contribution in [3.63, 3.8) is 0 Å². The quantitative estimate of drug-likeness (QED) is 0.797. The Morgan fingerprint density at radius 1 is 1.12 bits per heavy atom. The average Bonchev–Trinajstić information content (AvgIpc) is 2.56. The SMILES string of the molecule is CC1(C)Oc2cc(-c3ccc(F)c(F)c3)ccc2C(=O)C1CCC#N. The molecular formula is C20H17F2NO2. The largest absolute Gasteiger partial charge is 0.486 e. The van der Waals surface area contributed by atoms with Crippen molar-refractivity contribution < 1.29 is 18.3 Å². The van der Waals surface area contributed by atoms with Crippen molar-refractivity contribution >= 4 is 5.78 Å². The number of nitrogens with zero attached hydrogens (tertiary/aromatic N) is 1. The summed E-state index contributed by atoms with van der Waals surface area (Å²) in [5.74, 6) is -1.86. The van der Waals surface area contributed by atoms with Crippen LogP contribution in [0, 0.1) is 28.9 Å². The number of hydrogen-bond donors (Lipinski definition) is 0. The van der Waals surface area contributed by atoms with Crippen molar-refractivity contribution in [2.75, 3.05) is 0 Å². The molecule has 0 aromatic heterocycles. The van der Waals surface area contributed by atoms with Crippen LogP contribution in [-0.4, -0.2) is 11.4 Å². The lowest BCUT2D eigenvalue weighted by Crippen LogP contribution is -2.45. The van der Waals surface area contributed by atoms with Gasteiger partial charge in [0.2, 0.25) is 0 Å². The van der Waals surface area contributed by atoms with Crippen LogP contribution in [0.3, 0.4) is 0 Å². The minimum atomic E-state index is -0.927. The molecule has 2 aromatic carbocycles. The molecule has 1 aliphatic rings. The highest BCUT2D eigenvalue weighted by atomic mass is 19.2. The van der Waals surface area contributed by atoms with E-state index >= 15 is 0 Å². The number of ether oxygens (including phenoxy) is 1. The summed E-state index contributed by atoms with van der Waals surface area (Å²) >= 11 is 0. The molecule has 1 heterocycles. The molecule has 3 rings (SSSR count). The minimum absolute atomic E-state index is 0.0571. The average molecular weight is 341 g/mol. The number of halogens is 2. The third-order valence-electron chi connectivity index (χ3n) is 4.57. The Labute approximate surface area is 144 Å². The van der Waals surface area contributed by atoms with Crippen LogP contribution in [-0.2, 0) is 0 Å². The summed E-state index contributed by atoms with van der Waals surface area (Å²) in [5.41, 5.74) is 0.848. The van der Waals surface area contributed by atoms with Crippen LogP contribution in [0.2, 0.25) is 0 Å². The number of carbonyl (C=O) groups is 1. The topological polar surface area (TPSA) is 50.1 Å². The Morgan fingerprint density at radius 3 is 2.48 bits per heavy atom. The second-order valence-electron chi connectivity index (χ2n) is 6.66. The van der Waals surface area contributed by atoms with Gasteiger partial charge in [-0.05, 0) is 55.7 Å². The Morgan fingerprint density at radius 2 is 1.80 bits per heavy atom. The Bertz CT molecular complexity index is 884. The Kier molecular flexibility index (Phi) is 4.30. The number of nitriles is 1. The third kappa shape index (κ3) is 3.12. The van der Waals surface area contributed by atoms with E-state index in [1.165, 1.54) is 6.07 Å². The molecule has 0 saturated heterocycles. The van der Waals surface area contributed by atoms with Crippen LogP contribution in [0.1, 0.15) is 37.0 Å². The molecule has 1 atom stereocenters. The first-order valence-corrected chi connectivity index (χ1v) is 8.03. The van der Waals surface area contributed by atoms with Crippen LogP contribution < -0.4 is 4.74 Å². The molecule has 0 saturated carbocycles. The molecule has 5 heteroatoms. The lowest BCUT2D eigenvalue weighted by molar-refractivity contribution is 0.0240. The van der Waals surface area contributed by atoms with Gasteiger partial charge in [0.1, 0.15) is 11.4 Å². The maximum atomic E-state index is 13.5. The lowest BCUT2D eigenvalue weighted by atomic mass is 9.78. The summed E-state index contributed by atoms with van der Waals surface area (Å²) in [6.45, 7) is 3.64. The van der Waals surface area contributed by atoms with Gasteiger partial charge < -0.3 is 4.74 Å². The zero-order valence-electron chi connectivity index (χ0n) is 14.0. The van der Waals surface area contributed by atoms with Crippen molar-refractivity contribution in [3.8, 4) is 22.9 Å². The van der Waals surface area contributed by atoms with Gasteiger partial charge in [-0.15, -0.1) is 0 Å². The predicted molar refractivity (Wildman–Crippen MR) is 89.2 cm³/mol. The first kappa shape index (κ1) is 17.1. The summed E-state index contributed by atoms with van der Waals surface area (Å²) in [6, 6.07) is 10.7. The molecule has 3 nitrogen and oxygen atoms in total. The molecular weight excluding hydrogens is 324 g/mol. The van der Waals surface area contributed by atoms with Crippen LogP contribution >= 0.6 is 0 Å². The van der Waals surface area contributed by atoms with E-state index < -0.39 is 23.2 Å². The molecule has 0 bridgehead atoms. The van der Waals surface area contributed by atoms with Crippen molar-refractivity contribution in [3.05, 3.63) is 53.6 Å². The zero-order chi connectivity index (χ0) is 18.2. The second-order valence-corrected chi connectivity index (χ2v) is 6.66. The standard InChI is InChI=1S/C20H17F2NO2/c1-20(2)15(4-3-9-23)19(24)14-7-5-13(11-18(14)25-20)12-6-8-16(21)17(22)10-12/h5-8,10-11,15H,3-4H2,1-2H3. The van der Waals surface area contributed by atoms with Crippen molar-refractivity contribution in [1.82, 2.24) is 0 Å². The van der Waals surface area contributed by atoms with Crippen LogP contribution in [0.15, 0.2) is 36.4 Å². The van der Waals surface area contributed by atoms with E-state index in [1.54, 1.807) is 18.2 Å². The Balaban J connectivity index is 2.00. The smallest absolute Gasteiger partial charge is 0.173 e. The van der Waals surface area contributed by atoms with Crippen molar-refractivity contribution in [2.24, 2.45) is 5.92 Å². The van der Waals surface area contributed by atoms with Gasteiger partial charge in [-0.25, -0.2) is 8.78 Å². The highest BCUT2D eigenvalue weighted by molar-refractivity contribution is 6.02. The molecule has 0 radical (unpaired) electrons. The minimum Gasteiger partial charge on any atom is -0.486 e. The van der Waals surface area contributed by atoms with Gasteiger partial charge in [-0.2, -0.15) is 5.26 Å². The van der Waals surface area contributed by atoms with E-state index in [1.807, 2.05) is 13.8 Å². The highest BCUT2D eigenvalue weighted by Gasteiger charge is 2.42. The highest BCUT2D eigenvalue weighted by Crippen LogP contribution is 2.40. The number of Topliss-reactive ketones (excluding diaryl/α,β-unsaturated/α-hetero) is 1. The van der Waals surface area contributed by atoms with E-state index in [9.17, 15) is 13.6 Å². The van der Waals surface area contributed by atoms with E-state index in [2.05, 4.69) is 6.07 Å². The summed E-state index contributed by atoms with van der Waals surface area (Å²) in [5, 5.41) is 8.79. The zero-order valence-corrected chi connectivity index (χ0v) is 14.0. The maximum Gasteiger partial charge on any atom is 0.173 e.